The summed E-state index contributed by atoms with van der Waals surface area (Å²) in [5, 5.41) is 0. The van der Waals surface area contributed by atoms with Gasteiger partial charge in [0.2, 0.25) is 0 Å². The Hall–Kier alpha value is -0.180. The van der Waals surface area contributed by atoms with Crippen LogP contribution in [0.5, 0.6) is 0 Å². The van der Waals surface area contributed by atoms with E-state index in [4.69, 9.17) is 4.74 Å². The summed E-state index contributed by atoms with van der Waals surface area (Å²) in [4.78, 5) is 12.8. The number of ether oxygens (including phenoxy) is 1. The van der Waals surface area contributed by atoms with Crippen LogP contribution in [0.1, 0.15) is 79.6 Å². The fourth-order valence-electron chi connectivity index (χ4n) is 3.27. The average Bonchev–Trinajstić information content (AvgIpc) is 2.37. The number of carbonyl (C=O) groups is 1. The summed E-state index contributed by atoms with van der Waals surface area (Å²) in [5.74, 6) is -0.0105. The van der Waals surface area contributed by atoms with Crippen molar-refractivity contribution in [1.29, 1.82) is 0 Å². The summed E-state index contributed by atoms with van der Waals surface area (Å²) in [5.41, 5.74) is -0.0626. The second-order valence-electron chi connectivity index (χ2n) is 7.66. The molecular formula is C17H32O2S. The summed E-state index contributed by atoms with van der Waals surface area (Å²) in [6, 6.07) is 0. The van der Waals surface area contributed by atoms with E-state index in [1.807, 2.05) is 13.2 Å². The first-order valence-corrected chi connectivity index (χ1v) is 9.17. The van der Waals surface area contributed by atoms with Gasteiger partial charge < -0.3 is 4.74 Å². The molecule has 1 aliphatic rings. The molecule has 0 aromatic carbocycles. The van der Waals surface area contributed by atoms with Gasteiger partial charge in [0.1, 0.15) is 10.3 Å². The normalized spacial score (nSPS) is 22.1. The Morgan fingerprint density at radius 2 is 1.70 bits per heavy atom. The Bertz CT molecular complexity index is 326. The second-order valence-corrected chi connectivity index (χ2v) is 8.97. The highest BCUT2D eigenvalue weighted by atomic mass is 32.2. The SMILES string of the molecule is CCC1(OC(=O)C(C)(CC(C)(C)C)SC)CCCCC1. The molecule has 20 heavy (non-hydrogen) atoms. The number of esters is 1. The molecule has 1 aliphatic carbocycles. The smallest absolute Gasteiger partial charge is 0.322 e. The summed E-state index contributed by atoms with van der Waals surface area (Å²) in [6.07, 6.45) is 9.54. The number of rotatable bonds is 5. The monoisotopic (exact) mass is 300 g/mol. The van der Waals surface area contributed by atoms with E-state index in [0.717, 1.165) is 25.7 Å². The Labute approximate surface area is 129 Å². The lowest BCUT2D eigenvalue weighted by Crippen LogP contribution is -2.45. The lowest BCUT2D eigenvalue weighted by molar-refractivity contribution is -0.167. The Morgan fingerprint density at radius 3 is 2.10 bits per heavy atom. The van der Waals surface area contributed by atoms with Crippen LogP contribution in [0.4, 0.5) is 0 Å². The van der Waals surface area contributed by atoms with E-state index < -0.39 is 4.75 Å². The third-order valence-electron chi connectivity index (χ3n) is 4.47. The van der Waals surface area contributed by atoms with Crippen LogP contribution in [0, 0.1) is 5.41 Å². The summed E-state index contributed by atoms with van der Waals surface area (Å²) in [7, 11) is 0. The summed E-state index contributed by atoms with van der Waals surface area (Å²) < 4.78 is 5.64. The number of carbonyl (C=O) groups excluding carboxylic acids is 1. The van der Waals surface area contributed by atoms with Gasteiger partial charge in [-0.2, -0.15) is 0 Å². The van der Waals surface area contributed by atoms with Crippen molar-refractivity contribution in [2.75, 3.05) is 6.26 Å². The van der Waals surface area contributed by atoms with E-state index in [1.54, 1.807) is 11.8 Å². The van der Waals surface area contributed by atoms with Crippen LogP contribution in [0.15, 0.2) is 0 Å². The minimum atomic E-state index is -0.433. The fourth-order valence-corrected chi connectivity index (χ4v) is 4.05. The van der Waals surface area contributed by atoms with Gasteiger partial charge in [-0.05, 0) is 57.1 Å². The van der Waals surface area contributed by atoms with Gasteiger partial charge in [0.15, 0.2) is 0 Å². The molecule has 1 fully saturated rings. The molecule has 0 aromatic heterocycles. The number of thioether (sulfide) groups is 1. The average molecular weight is 301 g/mol. The van der Waals surface area contributed by atoms with Crippen LogP contribution < -0.4 is 0 Å². The molecule has 0 aromatic rings. The maximum Gasteiger partial charge on any atom is 0.322 e. The predicted molar refractivity (Wildman–Crippen MR) is 88.2 cm³/mol. The molecule has 1 unspecified atom stereocenters. The maximum atomic E-state index is 12.8. The molecule has 0 N–H and O–H groups in total. The number of hydrogen-bond acceptors (Lipinski definition) is 3. The van der Waals surface area contributed by atoms with E-state index in [0.29, 0.717) is 0 Å². The van der Waals surface area contributed by atoms with Crippen molar-refractivity contribution >= 4 is 17.7 Å². The van der Waals surface area contributed by atoms with Crippen molar-refractivity contribution in [1.82, 2.24) is 0 Å². The first kappa shape index (κ1) is 17.9. The van der Waals surface area contributed by atoms with Crippen LogP contribution in [0.3, 0.4) is 0 Å². The molecule has 0 bridgehead atoms. The molecular weight excluding hydrogens is 268 g/mol. The van der Waals surface area contributed by atoms with Crippen molar-refractivity contribution in [3.63, 3.8) is 0 Å². The van der Waals surface area contributed by atoms with E-state index >= 15 is 0 Å². The van der Waals surface area contributed by atoms with Crippen molar-refractivity contribution in [2.24, 2.45) is 5.41 Å². The molecule has 1 saturated carbocycles. The van der Waals surface area contributed by atoms with Crippen LogP contribution >= 0.6 is 11.8 Å². The molecule has 2 nitrogen and oxygen atoms in total. The molecule has 0 amide bonds. The summed E-state index contributed by atoms with van der Waals surface area (Å²) >= 11 is 1.63. The molecule has 0 heterocycles. The topological polar surface area (TPSA) is 26.3 Å². The zero-order chi connectivity index (χ0) is 15.4. The molecule has 1 atom stereocenters. The van der Waals surface area contributed by atoms with Gasteiger partial charge in [-0.1, -0.05) is 34.1 Å². The van der Waals surface area contributed by atoms with Crippen molar-refractivity contribution < 1.29 is 9.53 Å². The molecule has 0 saturated heterocycles. The maximum absolute atomic E-state index is 12.8. The fraction of sp³-hybridized carbons (Fsp3) is 0.941. The van der Waals surface area contributed by atoms with Crippen LogP contribution in [-0.4, -0.2) is 22.6 Å². The van der Waals surface area contributed by atoms with Gasteiger partial charge in [-0.15, -0.1) is 11.8 Å². The van der Waals surface area contributed by atoms with E-state index in [2.05, 4.69) is 27.7 Å². The third kappa shape index (κ3) is 4.68. The molecule has 0 spiro atoms. The van der Waals surface area contributed by atoms with Crippen molar-refractivity contribution in [3.05, 3.63) is 0 Å². The minimum Gasteiger partial charge on any atom is -0.458 e. The Balaban J connectivity index is 2.80. The highest BCUT2D eigenvalue weighted by Crippen LogP contribution is 2.41. The highest BCUT2D eigenvalue weighted by Gasteiger charge is 2.43. The third-order valence-corrected chi connectivity index (χ3v) is 5.68. The van der Waals surface area contributed by atoms with Gasteiger partial charge in [0, 0.05) is 0 Å². The van der Waals surface area contributed by atoms with E-state index in [9.17, 15) is 4.79 Å². The molecule has 0 radical (unpaired) electrons. The molecule has 1 rings (SSSR count). The highest BCUT2D eigenvalue weighted by molar-refractivity contribution is 8.00. The van der Waals surface area contributed by atoms with Gasteiger partial charge in [0.25, 0.3) is 0 Å². The first-order chi connectivity index (χ1) is 9.16. The van der Waals surface area contributed by atoms with Gasteiger partial charge in [0.05, 0.1) is 0 Å². The minimum absolute atomic E-state index is 0.0105. The predicted octanol–water partition coefficient (Wildman–Crippen LogP) is 5.20. The molecule has 3 heteroatoms. The van der Waals surface area contributed by atoms with Gasteiger partial charge in [-0.25, -0.2) is 0 Å². The number of hydrogen-bond donors (Lipinski definition) is 0. The Kier molecular flexibility index (Phi) is 6.01. The summed E-state index contributed by atoms with van der Waals surface area (Å²) in [6.45, 7) is 10.7. The lowest BCUT2D eigenvalue weighted by atomic mass is 9.82. The quantitative estimate of drug-likeness (QED) is 0.653. The molecule has 0 aliphatic heterocycles. The zero-order valence-corrected chi connectivity index (χ0v) is 15.0. The van der Waals surface area contributed by atoms with Gasteiger partial charge in [-0.3, -0.25) is 4.79 Å². The van der Waals surface area contributed by atoms with Crippen LogP contribution in [0.2, 0.25) is 0 Å². The first-order valence-electron chi connectivity index (χ1n) is 7.95. The van der Waals surface area contributed by atoms with Gasteiger partial charge >= 0.3 is 5.97 Å². The van der Waals surface area contributed by atoms with Crippen LogP contribution in [-0.2, 0) is 9.53 Å². The Morgan fingerprint density at radius 1 is 1.15 bits per heavy atom. The molecule has 118 valence electrons. The van der Waals surface area contributed by atoms with Crippen LogP contribution in [0.25, 0.3) is 0 Å². The van der Waals surface area contributed by atoms with Crippen molar-refractivity contribution in [3.8, 4) is 0 Å². The second kappa shape index (κ2) is 6.72. The van der Waals surface area contributed by atoms with E-state index in [1.165, 1.54) is 19.3 Å². The van der Waals surface area contributed by atoms with E-state index in [-0.39, 0.29) is 17.0 Å². The standard InChI is InChI=1S/C17H32O2S/c1-7-17(11-9-8-10-12-17)19-14(18)16(5,20-6)13-15(2,3)4/h7-13H2,1-6H3. The zero-order valence-electron chi connectivity index (χ0n) is 14.2. The van der Waals surface area contributed by atoms with Crippen molar-refractivity contribution in [2.45, 2.75) is 89.9 Å². The lowest BCUT2D eigenvalue weighted by Gasteiger charge is -2.40. The largest absolute Gasteiger partial charge is 0.458 e.